The summed E-state index contributed by atoms with van der Waals surface area (Å²) in [4.78, 5) is 57.8. The molecule has 2 aliphatic heterocycles. The Bertz CT molecular complexity index is 1120. The average molecular weight is 500 g/mol. The van der Waals surface area contributed by atoms with Crippen molar-refractivity contribution in [3.63, 3.8) is 0 Å². The lowest BCUT2D eigenvalue weighted by molar-refractivity contribution is 0.0626. The predicted octanol–water partition coefficient (Wildman–Crippen LogP) is 1.27. The highest BCUT2D eigenvalue weighted by molar-refractivity contribution is 5.92. The van der Waals surface area contributed by atoms with Gasteiger partial charge in [0.2, 0.25) is 0 Å². The van der Waals surface area contributed by atoms with Gasteiger partial charge in [0.15, 0.2) is 0 Å². The maximum Gasteiger partial charge on any atom is 0.409 e. The zero-order valence-corrected chi connectivity index (χ0v) is 20.5. The van der Waals surface area contributed by atoms with E-state index in [1.807, 2.05) is 31.2 Å². The Morgan fingerprint density at radius 3 is 2.44 bits per heavy atom. The van der Waals surface area contributed by atoms with Gasteiger partial charge in [0.05, 0.1) is 13.2 Å². The number of aromatic nitrogens is 2. The van der Waals surface area contributed by atoms with E-state index in [4.69, 9.17) is 9.47 Å². The third-order valence-corrected chi connectivity index (χ3v) is 6.51. The van der Waals surface area contributed by atoms with E-state index in [1.54, 1.807) is 9.80 Å². The second-order valence-electron chi connectivity index (χ2n) is 9.18. The molecule has 4 rings (SSSR count). The number of H-pyrrole nitrogens is 2. The standard InChI is InChI=1S/C25H33N5O6/c1-2-35-25(34)29-12-10-28(11-13-29)15-18-5-7-20(8-6-18)36-17-19-4-3-9-30(16-19)23(32)21-14-22(31)27-24(33)26-21/h5-8,14,19H,2-4,9-13,15-17H2,1H3,(H2,26,27,31,33)/t19-/m1/s1. The number of likely N-dealkylation sites (tertiary alicyclic amines) is 1. The summed E-state index contributed by atoms with van der Waals surface area (Å²) in [6.07, 6.45) is 1.52. The molecule has 1 atom stereocenters. The number of carbonyl (C=O) groups excluding carboxylic acids is 2. The molecule has 0 aliphatic carbocycles. The van der Waals surface area contributed by atoms with Crippen LogP contribution in [0.3, 0.4) is 0 Å². The average Bonchev–Trinajstić information content (AvgIpc) is 2.88. The van der Waals surface area contributed by atoms with E-state index in [0.717, 1.165) is 44.3 Å². The van der Waals surface area contributed by atoms with Gasteiger partial charge in [-0.3, -0.25) is 19.5 Å². The van der Waals surface area contributed by atoms with E-state index in [-0.39, 0.29) is 23.6 Å². The lowest BCUT2D eigenvalue weighted by Gasteiger charge is -2.34. The summed E-state index contributed by atoms with van der Waals surface area (Å²) < 4.78 is 11.1. The first kappa shape index (κ1) is 25.5. The van der Waals surface area contributed by atoms with E-state index >= 15 is 0 Å². The highest BCUT2D eigenvalue weighted by atomic mass is 16.6. The first-order valence-corrected chi connectivity index (χ1v) is 12.4. The van der Waals surface area contributed by atoms with Crippen LogP contribution in [0.4, 0.5) is 4.79 Å². The molecule has 0 unspecified atom stereocenters. The minimum atomic E-state index is -0.690. The Morgan fingerprint density at radius 2 is 1.75 bits per heavy atom. The summed E-state index contributed by atoms with van der Waals surface area (Å²) in [6, 6.07) is 9.12. The normalized spacial score (nSPS) is 18.6. The molecule has 3 heterocycles. The number of aromatic amines is 2. The van der Waals surface area contributed by atoms with Crippen molar-refractivity contribution in [3.05, 3.63) is 62.4 Å². The number of nitrogens with one attached hydrogen (secondary N) is 2. The van der Waals surface area contributed by atoms with Gasteiger partial charge in [0.25, 0.3) is 11.5 Å². The molecule has 2 N–H and O–H groups in total. The van der Waals surface area contributed by atoms with Crippen LogP contribution in [0.15, 0.2) is 39.9 Å². The summed E-state index contributed by atoms with van der Waals surface area (Å²) >= 11 is 0. The number of hydrogen-bond acceptors (Lipinski definition) is 7. The van der Waals surface area contributed by atoms with Crippen LogP contribution < -0.4 is 16.0 Å². The number of ether oxygens (including phenoxy) is 2. The summed E-state index contributed by atoms with van der Waals surface area (Å²) in [5, 5.41) is 0. The van der Waals surface area contributed by atoms with Crippen LogP contribution >= 0.6 is 0 Å². The van der Waals surface area contributed by atoms with Crippen molar-refractivity contribution in [2.75, 3.05) is 52.5 Å². The molecule has 11 nitrogen and oxygen atoms in total. The molecule has 0 bridgehead atoms. The highest BCUT2D eigenvalue weighted by Gasteiger charge is 2.26. The number of piperazine rings is 1. The third-order valence-electron chi connectivity index (χ3n) is 6.51. The van der Waals surface area contributed by atoms with Crippen LogP contribution in [0.2, 0.25) is 0 Å². The fourth-order valence-corrected chi connectivity index (χ4v) is 4.61. The van der Waals surface area contributed by atoms with Crippen molar-refractivity contribution in [3.8, 4) is 5.75 Å². The largest absolute Gasteiger partial charge is 0.493 e. The van der Waals surface area contributed by atoms with Gasteiger partial charge in [-0.05, 0) is 37.5 Å². The van der Waals surface area contributed by atoms with Gasteiger partial charge in [-0.2, -0.15) is 0 Å². The molecule has 1 aromatic carbocycles. The monoisotopic (exact) mass is 499 g/mol. The number of amides is 2. The van der Waals surface area contributed by atoms with Gasteiger partial charge in [-0.1, -0.05) is 12.1 Å². The maximum atomic E-state index is 12.7. The summed E-state index contributed by atoms with van der Waals surface area (Å²) in [5.41, 5.74) is -0.108. The summed E-state index contributed by atoms with van der Waals surface area (Å²) in [6.45, 7) is 7.51. The minimum absolute atomic E-state index is 0.00297. The lowest BCUT2D eigenvalue weighted by Crippen LogP contribution is -2.48. The van der Waals surface area contributed by atoms with E-state index in [9.17, 15) is 19.2 Å². The summed E-state index contributed by atoms with van der Waals surface area (Å²) in [7, 11) is 0. The van der Waals surface area contributed by atoms with E-state index < -0.39 is 11.2 Å². The van der Waals surface area contributed by atoms with Crippen LogP contribution in [0, 0.1) is 5.92 Å². The zero-order chi connectivity index (χ0) is 25.5. The van der Waals surface area contributed by atoms with Crippen molar-refractivity contribution in [2.45, 2.75) is 26.3 Å². The molecule has 2 aliphatic rings. The number of nitrogens with zero attached hydrogens (tertiary/aromatic N) is 3. The number of hydrogen-bond donors (Lipinski definition) is 2. The first-order chi connectivity index (χ1) is 17.4. The molecule has 2 amide bonds. The molecule has 0 radical (unpaired) electrons. The lowest BCUT2D eigenvalue weighted by atomic mass is 9.98. The fraction of sp³-hybridized carbons (Fsp3) is 0.520. The Labute approximate surface area is 209 Å². The molecule has 1 aromatic heterocycles. The van der Waals surface area contributed by atoms with Crippen LogP contribution in [0.25, 0.3) is 0 Å². The topological polar surface area (TPSA) is 128 Å². The summed E-state index contributed by atoms with van der Waals surface area (Å²) in [5.74, 6) is 0.579. The Balaban J connectivity index is 1.23. The molecule has 2 aromatic rings. The Morgan fingerprint density at radius 1 is 1.00 bits per heavy atom. The maximum absolute atomic E-state index is 12.7. The SMILES string of the molecule is CCOC(=O)N1CCN(Cc2ccc(OC[C@@H]3CCCN(C(=O)c4cc(=O)[nH]c(=O)[nH]4)C3)cc2)CC1. The first-order valence-electron chi connectivity index (χ1n) is 12.4. The third kappa shape index (κ3) is 6.75. The van der Waals surface area contributed by atoms with E-state index in [1.165, 1.54) is 5.56 Å². The predicted molar refractivity (Wildman–Crippen MR) is 132 cm³/mol. The van der Waals surface area contributed by atoms with Gasteiger partial charge >= 0.3 is 11.8 Å². The minimum Gasteiger partial charge on any atom is -0.493 e. The smallest absolute Gasteiger partial charge is 0.409 e. The second kappa shape index (κ2) is 11.9. The number of carbonyl (C=O) groups is 2. The fourth-order valence-electron chi connectivity index (χ4n) is 4.61. The Kier molecular flexibility index (Phi) is 8.42. The highest BCUT2D eigenvalue weighted by Crippen LogP contribution is 2.21. The van der Waals surface area contributed by atoms with Crippen LogP contribution in [0.5, 0.6) is 5.75 Å². The van der Waals surface area contributed by atoms with Crippen molar-refractivity contribution in [1.29, 1.82) is 0 Å². The van der Waals surface area contributed by atoms with Crippen LogP contribution in [-0.4, -0.2) is 89.2 Å². The van der Waals surface area contributed by atoms with Gasteiger partial charge in [0, 0.05) is 57.8 Å². The molecule has 0 saturated carbocycles. The van der Waals surface area contributed by atoms with Gasteiger partial charge in [-0.15, -0.1) is 0 Å². The molecular weight excluding hydrogens is 466 g/mol. The Hall–Kier alpha value is -3.60. The number of benzene rings is 1. The van der Waals surface area contributed by atoms with Crippen molar-refractivity contribution in [1.82, 2.24) is 24.7 Å². The van der Waals surface area contributed by atoms with Gasteiger partial charge in [0.1, 0.15) is 11.4 Å². The van der Waals surface area contributed by atoms with E-state index in [2.05, 4.69) is 14.9 Å². The molecule has 36 heavy (non-hydrogen) atoms. The zero-order valence-electron chi connectivity index (χ0n) is 20.5. The molecule has 2 saturated heterocycles. The molecule has 194 valence electrons. The number of rotatable bonds is 7. The van der Waals surface area contributed by atoms with Crippen molar-refractivity contribution in [2.24, 2.45) is 5.92 Å². The van der Waals surface area contributed by atoms with Gasteiger partial charge < -0.3 is 24.3 Å². The van der Waals surface area contributed by atoms with Gasteiger partial charge in [-0.25, -0.2) is 9.59 Å². The van der Waals surface area contributed by atoms with Crippen LogP contribution in [-0.2, 0) is 11.3 Å². The molecular formula is C25H33N5O6. The molecule has 11 heteroatoms. The number of piperidine rings is 1. The molecule has 0 spiro atoms. The second-order valence-corrected chi connectivity index (χ2v) is 9.18. The van der Waals surface area contributed by atoms with E-state index in [0.29, 0.717) is 39.4 Å². The van der Waals surface area contributed by atoms with Crippen LogP contribution in [0.1, 0.15) is 35.8 Å². The van der Waals surface area contributed by atoms with Crippen molar-refractivity contribution >= 4 is 12.0 Å². The molecule has 2 fully saturated rings. The quantitative estimate of drug-likeness (QED) is 0.587. The van der Waals surface area contributed by atoms with Crippen molar-refractivity contribution < 1.29 is 19.1 Å².